The molecule has 1 aromatic carbocycles. The van der Waals surface area contributed by atoms with Gasteiger partial charge >= 0.3 is 0 Å². The molecule has 1 N–H and O–H groups in total. The Hall–Kier alpha value is -1.40. The number of piperazine rings is 1. The molecule has 1 saturated heterocycles. The third kappa shape index (κ3) is 3.54. The van der Waals surface area contributed by atoms with Crippen molar-refractivity contribution >= 4 is 9.84 Å². The van der Waals surface area contributed by atoms with Gasteiger partial charge in [-0.3, -0.25) is 0 Å². The summed E-state index contributed by atoms with van der Waals surface area (Å²) in [6.07, 6.45) is 0. The van der Waals surface area contributed by atoms with Gasteiger partial charge in [-0.05, 0) is 17.7 Å². The highest BCUT2D eigenvalue weighted by molar-refractivity contribution is 7.94. The largest absolute Gasteiger partial charge is 0.360 e. The third-order valence-electron chi connectivity index (χ3n) is 3.10. The van der Waals surface area contributed by atoms with Gasteiger partial charge in [0.15, 0.2) is 9.84 Å². The van der Waals surface area contributed by atoms with E-state index in [1.165, 1.54) is 24.3 Å². The first-order valence-corrected chi connectivity index (χ1v) is 7.76. The number of nitrogens with zero attached hydrogens (tertiary/aromatic N) is 1. The predicted molar refractivity (Wildman–Crippen MR) is 72.6 cm³/mol. The number of hydrogen-bond donors (Lipinski definition) is 1. The Kier molecular flexibility index (Phi) is 4.21. The topological polar surface area (TPSA) is 49.4 Å². The molecule has 1 aliphatic rings. The third-order valence-corrected chi connectivity index (χ3v) is 4.79. The Bertz CT molecular complexity index is 549. The molecular formula is C13H17FN2O2S. The standard InChI is InChI=1S/C13H17FN2O2S/c1-11(16-8-6-15-7-9-16)19(17,18)10-12-2-4-13(14)5-3-12/h2-5,15H,1,6-10H2. The van der Waals surface area contributed by atoms with Gasteiger partial charge in [-0.2, -0.15) is 0 Å². The average molecular weight is 284 g/mol. The molecule has 1 aliphatic heterocycles. The van der Waals surface area contributed by atoms with Crippen LogP contribution in [0.5, 0.6) is 0 Å². The van der Waals surface area contributed by atoms with Crippen LogP contribution < -0.4 is 5.32 Å². The van der Waals surface area contributed by atoms with E-state index in [1.54, 1.807) is 4.90 Å². The van der Waals surface area contributed by atoms with Crippen molar-refractivity contribution in [1.82, 2.24) is 10.2 Å². The van der Waals surface area contributed by atoms with E-state index in [2.05, 4.69) is 11.9 Å². The van der Waals surface area contributed by atoms with Gasteiger partial charge in [0.05, 0.1) is 5.75 Å². The number of halogens is 1. The van der Waals surface area contributed by atoms with Crippen molar-refractivity contribution in [2.75, 3.05) is 26.2 Å². The van der Waals surface area contributed by atoms with E-state index in [-0.39, 0.29) is 16.6 Å². The van der Waals surface area contributed by atoms with Crippen molar-refractivity contribution in [3.8, 4) is 0 Å². The number of rotatable bonds is 4. The molecule has 19 heavy (non-hydrogen) atoms. The number of nitrogens with one attached hydrogen (secondary N) is 1. The minimum absolute atomic E-state index is 0.143. The van der Waals surface area contributed by atoms with Crippen LogP contribution in [-0.2, 0) is 15.6 Å². The van der Waals surface area contributed by atoms with Crippen LogP contribution in [0.2, 0.25) is 0 Å². The van der Waals surface area contributed by atoms with Crippen LogP contribution >= 0.6 is 0 Å². The summed E-state index contributed by atoms with van der Waals surface area (Å²) < 4.78 is 37.2. The van der Waals surface area contributed by atoms with Gasteiger partial charge in [0.2, 0.25) is 0 Å². The maximum Gasteiger partial charge on any atom is 0.196 e. The zero-order valence-corrected chi connectivity index (χ0v) is 11.4. The van der Waals surface area contributed by atoms with Crippen LogP contribution in [0.3, 0.4) is 0 Å². The Balaban J connectivity index is 2.09. The summed E-state index contributed by atoms with van der Waals surface area (Å²) in [5.74, 6) is -0.516. The summed E-state index contributed by atoms with van der Waals surface area (Å²) in [5, 5.41) is 3.31. The maximum atomic E-state index is 12.8. The zero-order valence-electron chi connectivity index (χ0n) is 10.6. The average Bonchev–Trinajstić information content (AvgIpc) is 2.41. The summed E-state index contributed by atoms with van der Waals surface area (Å²) in [6.45, 7) is 6.49. The molecule has 1 heterocycles. The monoisotopic (exact) mass is 284 g/mol. The maximum absolute atomic E-state index is 12.8. The second-order valence-electron chi connectivity index (χ2n) is 4.52. The molecule has 0 bridgehead atoms. The molecule has 0 aromatic heterocycles. The van der Waals surface area contributed by atoms with E-state index in [0.717, 1.165) is 13.1 Å². The SMILES string of the molecule is C=C(N1CCNCC1)S(=O)(=O)Cc1ccc(F)cc1. The molecule has 2 rings (SSSR count). The Morgan fingerprint density at radius 2 is 1.84 bits per heavy atom. The van der Waals surface area contributed by atoms with Crippen LogP contribution in [0.1, 0.15) is 5.56 Å². The second-order valence-corrected chi connectivity index (χ2v) is 6.51. The minimum Gasteiger partial charge on any atom is -0.360 e. The molecule has 0 unspecified atom stereocenters. The van der Waals surface area contributed by atoms with Crippen LogP contribution in [0.4, 0.5) is 4.39 Å². The van der Waals surface area contributed by atoms with Crippen molar-refractivity contribution in [2.24, 2.45) is 0 Å². The van der Waals surface area contributed by atoms with Gasteiger partial charge in [-0.25, -0.2) is 12.8 Å². The molecule has 0 amide bonds. The molecule has 4 nitrogen and oxygen atoms in total. The summed E-state index contributed by atoms with van der Waals surface area (Å²) in [6, 6.07) is 5.49. The fraction of sp³-hybridized carbons (Fsp3) is 0.385. The highest BCUT2D eigenvalue weighted by Crippen LogP contribution is 2.17. The van der Waals surface area contributed by atoms with E-state index >= 15 is 0 Å². The Morgan fingerprint density at radius 3 is 2.42 bits per heavy atom. The zero-order chi connectivity index (χ0) is 13.9. The number of hydrogen-bond acceptors (Lipinski definition) is 4. The van der Waals surface area contributed by atoms with E-state index in [1.807, 2.05) is 0 Å². The molecule has 6 heteroatoms. The van der Waals surface area contributed by atoms with Crippen molar-refractivity contribution in [1.29, 1.82) is 0 Å². The van der Waals surface area contributed by atoms with Crippen LogP contribution in [0.15, 0.2) is 35.9 Å². The second kappa shape index (κ2) is 5.71. The van der Waals surface area contributed by atoms with E-state index in [0.29, 0.717) is 18.7 Å². The van der Waals surface area contributed by atoms with Crippen LogP contribution in [0, 0.1) is 5.82 Å². The van der Waals surface area contributed by atoms with Gasteiger partial charge in [0.1, 0.15) is 10.8 Å². The van der Waals surface area contributed by atoms with Gasteiger partial charge in [-0.1, -0.05) is 18.7 Å². The lowest BCUT2D eigenvalue weighted by Crippen LogP contribution is -2.44. The molecule has 0 aliphatic carbocycles. The van der Waals surface area contributed by atoms with Gasteiger partial charge in [0, 0.05) is 26.2 Å². The first-order chi connectivity index (χ1) is 8.99. The van der Waals surface area contributed by atoms with Gasteiger partial charge < -0.3 is 10.2 Å². The Morgan fingerprint density at radius 1 is 1.26 bits per heavy atom. The molecule has 0 saturated carbocycles. The van der Waals surface area contributed by atoms with E-state index in [9.17, 15) is 12.8 Å². The summed E-state index contributed by atoms with van der Waals surface area (Å²) >= 11 is 0. The number of benzene rings is 1. The van der Waals surface area contributed by atoms with Crippen molar-refractivity contribution in [2.45, 2.75) is 5.75 Å². The van der Waals surface area contributed by atoms with Crippen molar-refractivity contribution in [3.63, 3.8) is 0 Å². The first kappa shape index (κ1) is 14.0. The van der Waals surface area contributed by atoms with Crippen LogP contribution in [0.25, 0.3) is 0 Å². The quantitative estimate of drug-likeness (QED) is 0.900. The fourth-order valence-electron chi connectivity index (χ4n) is 1.99. The molecule has 1 aromatic rings. The van der Waals surface area contributed by atoms with Gasteiger partial charge in [0.25, 0.3) is 0 Å². The summed E-state index contributed by atoms with van der Waals surface area (Å²) in [4.78, 5) is 1.77. The molecule has 0 radical (unpaired) electrons. The highest BCUT2D eigenvalue weighted by atomic mass is 32.2. The predicted octanol–water partition coefficient (Wildman–Crippen LogP) is 1.12. The summed E-state index contributed by atoms with van der Waals surface area (Å²) in [7, 11) is -3.44. The molecule has 1 fully saturated rings. The van der Waals surface area contributed by atoms with Crippen molar-refractivity contribution < 1.29 is 12.8 Å². The fourth-order valence-corrected chi connectivity index (χ4v) is 3.37. The van der Waals surface area contributed by atoms with Gasteiger partial charge in [-0.15, -0.1) is 0 Å². The minimum atomic E-state index is -3.44. The van der Waals surface area contributed by atoms with E-state index in [4.69, 9.17) is 0 Å². The molecular weight excluding hydrogens is 267 g/mol. The number of sulfone groups is 1. The van der Waals surface area contributed by atoms with E-state index < -0.39 is 9.84 Å². The lowest BCUT2D eigenvalue weighted by atomic mass is 10.2. The first-order valence-electron chi connectivity index (χ1n) is 6.11. The highest BCUT2D eigenvalue weighted by Gasteiger charge is 2.23. The smallest absolute Gasteiger partial charge is 0.196 e. The lowest BCUT2D eigenvalue weighted by molar-refractivity contribution is 0.314. The normalized spacial score (nSPS) is 16.4. The summed E-state index contributed by atoms with van der Waals surface area (Å²) in [5.41, 5.74) is 0.567. The molecule has 0 atom stereocenters. The van der Waals surface area contributed by atoms with Crippen LogP contribution in [-0.4, -0.2) is 39.5 Å². The van der Waals surface area contributed by atoms with Crippen molar-refractivity contribution in [3.05, 3.63) is 47.3 Å². The molecule has 104 valence electrons. The molecule has 0 spiro atoms. The lowest BCUT2D eigenvalue weighted by Gasteiger charge is -2.30. The Labute approximate surface area is 112 Å².